The van der Waals surface area contributed by atoms with E-state index in [4.69, 9.17) is 0 Å². The van der Waals surface area contributed by atoms with Gasteiger partial charge >= 0.3 is 0 Å². The Morgan fingerprint density at radius 2 is 1.64 bits per heavy atom. The van der Waals surface area contributed by atoms with Crippen LogP contribution in [0.4, 0.5) is 11.5 Å². The van der Waals surface area contributed by atoms with E-state index in [9.17, 15) is 9.59 Å². The van der Waals surface area contributed by atoms with E-state index in [0.717, 1.165) is 5.69 Å². The second-order valence-electron chi connectivity index (χ2n) is 8.15. The number of anilines is 2. The number of carbonyl (C=O) groups is 2. The molecule has 3 rings (SSSR count). The number of carbonyl (C=O) groups excluding carboxylic acids is 2. The van der Waals surface area contributed by atoms with Crippen LogP contribution in [0, 0.1) is 0 Å². The SMILES string of the molecule is CC(=O)N1CCN(C(=O)c2ccnc(Nc3ccccc3C(C)(C)C)c2)CC1. The van der Waals surface area contributed by atoms with E-state index in [-0.39, 0.29) is 17.2 Å². The smallest absolute Gasteiger partial charge is 0.254 e. The molecule has 0 radical (unpaired) electrons. The third-order valence-corrected chi connectivity index (χ3v) is 5.02. The number of amides is 2. The lowest BCUT2D eigenvalue weighted by Crippen LogP contribution is -2.50. The highest BCUT2D eigenvalue weighted by Crippen LogP contribution is 2.31. The fraction of sp³-hybridized carbons (Fsp3) is 0.409. The van der Waals surface area contributed by atoms with Crippen LogP contribution in [0.5, 0.6) is 0 Å². The Morgan fingerprint density at radius 1 is 1.00 bits per heavy atom. The minimum Gasteiger partial charge on any atom is -0.340 e. The van der Waals surface area contributed by atoms with Gasteiger partial charge in [0.05, 0.1) is 0 Å². The lowest BCUT2D eigenvalue weighted by molar-refractivity contribution is -0.130. The fourth-order valence-electron chi connectivity index (χ4n) is 3.42. The summed E-state index contributed by atoms with van der Waals surface area (Å²) in [6.45, 7) is 10.3. The van der Waals surface area contributed by atoms with Gasteiger partial charge in [-0.25, -0.2) is 4.98 Å². The molecule has 2 heterocycles. The molecule has 0 atom stereocenters. The molecule has 1 aromatic carbocycles. The monoisotopic (exact) mass is 380 g/mol. The van der Waals surface area contributed by atoms with E-state index in [1.54, 1.807) is 35.1 Å². The van der Waals surface area contributed by atoms with E-state index in [1.807, 2.05) is 18.2 Å². The van der Waals surface area contributed by atoms with Crippen LogP contribution in [0.2, 0.25) is 0 Å². The normalized spacial score (nSPS) is 14.7. The van der Waals surface area contributed by atoms with E-state index in [2.05, 4.69) is 37.1 Å². The minimum atomic E-state index is -0.0299. The minimum absolute atomic E-state index is 0.00654. The summed E-state index contributed by atoms with van der Waals surface area (Å²) in [6, 6.07) is 11.7. The second-order valence-corrected chi connectivity index (χ2v) is 8.15. The number of piperazine rings is 1. The standard InChI is InChI=1S/C22H28N4O2/c1-16(27)25-11-13-26(14-12-25)21(28)17-9-10-23-20(15-17)24-19-8-6-5-7-18(19)22(2,3)4/h5-10,15H,11-14H2,1-4H3,(H,23,24). The van der Waals surface area contributed by atoms with Crippen LogP contribution in [0.1, 0.15) is 43.6 Å². The molecule has 1 saturated heterocycles. The summed E-state index contributed by atoms with van der Waals surface area (Å²) in [5.41, 5.74) is 2.77. The first-order chi connectivity index (χ1) is 13.3. The van der Waals surface area contributed by atoms with Gasteiger partial charge in [0.15, 0.2) is 0 Å². The number of hydrogen-bond acceptors (Lipinski definition) is 4. The summed E-state index contributed by atoms with van der Waals surface area (Å²) >= 11 is 0. The maximum absolute atomic E-state index is 12.9. The van der Waals surface area contributed by atoms with Gasteiger partial charge < -0.3 is 15.1 Å². The first-order valence-corrected chi connectivity index (χ1v) is 9.63. The Bertz CT molecular complexity index is 865. The van der Waals surface area contributed by atoms with Crippen LogP contribution in [0.25, 0.3) is 0 Å². The van der Waals surface area contributed by atoms with Crippen LogP contribution in [0.3, 0.4) is 0 Å². The molecule has 0 spiro atoms. The largest absolute Gasteiger partial charge is 0.340 e. The summed E-state index contributed by atoms with van der Waals surface area (Å²) in [6.07, 6.45) is 1.65. The summed E-state index contributed by atoms with van der Waals surface area (Å²) in [4.78, 5) is 32.3. The maximum Gasteiger partial charge on any atom is 0.254 e. The fourth-order valence-corrected chi connectivity index (χ4v) is 3.42. The van der Waals surface area contributed by atoms with E-state index < -0.39 is 0 Å². The Kier molecular flexibility index (Phi) is 5.68. The zero-order chi connectivity index (χ0) is 20.3. The predicted molar refractivity (Wildman–Crippen MR) is 111 cm³/mol. The molecule has 1 aromatic heterocycles. The molecular formula is C22H28N4O2. The first-order valence-electron chi connectivity index (χ1n) is 9.63. The van der Waals surface area contributed by atoms with Crippen molar-refractivity contribution in [2.75, 3.05) is 31.5 Å². The van der Waals surface area contributed by atoms with Crippen molar-refractivity contribution in [1.29, 1.82) is 0 Å². The number of nitrogens with one attached hydrogen (secondary N) is 1. The number of rotatable bonds is 3. The van der Waals surface area contributed by atoms with Gasteiger partial charge in [0.2, 0.25) is 5.91 Å². The van der Waals surface area contributed by atoms with Crippen LogP contribution in [0.15, 0.2) is 42.6 Å². The molecule has 2 amide bonds. The van der Waals surface area contributed by atoms with E-state index in [0.29, 0.717) is 37.6 Å². The predicted octanol–water partition coefficient (Wildman–Crippen LogP) is 3.43. The van der Waals surface area contributed by atoms with Gasteiger partial charge in [-0.05, 0) is 29.2 Å². The third kappa shape index (κ3) is 4.50. The van der Waals surface area contributed by atoms with Gasteiger partial charge in [0.1, 0.15) is 5.82 Å². The van der Waals surface area contributed by atoms with E-state index >= 15 is 0 Å². The Balaban J connectivity index is 1.75. The Labute approximate surface area is 166 Å². The second kappa shape index (κ2) is 8.00. The molecule has 0 bridgehead atoms. The number of para-hydroxylation sites is 1. The molecule has 28 heavy (non-hydrogen) atoms. The van der Waals surface area contributed by atoms with Crippen molar-refractivity contribution < 1.29 is 9.59 Å². The summed E-state index contributed by atoms with van der Waals surface area (Å²) < 4.78 is 0. The summed E-state index contributed by atoms with van der Waals surface area (Å²) in [5, 5.41) is 3.36. The van der Waals surface area contributed by atoms with Crippen molar-refractivity contribution in [3.8, 4) is 0 Å². The lowest BCUT2D eigenvalue weighted by Gasteiger charge is -2.34. The van der Waals surface area contributed by atoms with Gasteiger partial charge in [-0.3, -0.25) is 9.59 Å². The molecule has 1 N–H and O–H groups in total. The van der Waals surface area contributed by atoms with Crippen molar-refractivity contribution in [2.45, 2.75) is 33.1 Å². The first kappa shape index (κ1) is 19.9. The molecule has 0 unspecified atom stereocenters. The molecule has 0 saturated carbocycles. The lowest BCUT2D eigenvalue weighted by atomic mass is 9.86. The number of hydrogen-bond donors (Lipinski definition) is 1. The van der Waals surface area contributed by atoms with E-state index in [1.165, 1.54) is 5.56 Å². The molecule has 1 aliphatic heterocycles. The van der Waals surface area contributed by atoms with Gasteiger partial charge in [-0.2, -0.15) is 0 Å². The topological polar surface area (TPSA) is 65.5 Å². The Morgan fingerprint density at radius 3 is 2.29 bits per heavy atom. The number of pyridine rings is 1. The molecule has 6 nitrogen and oxygen atoms in total. The third-order valence-electron chi connectivity index (χ3n) is 5.02. The number of aromatic nitrogens is 1. The molecule has 6 heteroatoms. The molecule has 148 valence electrons. The van der Waals surface area contributed by atoms with Crippen LogP contribution in [-0.4, -0.2) is 52.8 Å². The number of benzene rings is 1. The van der Waals surface area contributed by atoms with Crippen LogP contribution < -0.4 is 5.32 Å². The quantitative estimate of drug-likeness (QED) is 0.886. The van der Waals surface area contributed by atoms with Gasteiger partial charge in [0, 0.05) is 50.6 Å². The molecule has 0 aliphatic carbocycles. The van der Waals surface area contributed by atoms with Crippen molar-refractivity contribution >= 4 is 23.3 Å². The molecule has 2 aromatic rings. The van der Waals surface area contributed by atoms with Gasteiger partial charge in [0.25, 0.3) is 5.91 Å². The average molecular weight is 380 g/mol. The Hall–Kier alpha value is -2.89. The van der Waals surface area contributed by atoms with Crippen molar-refractivity contribution in [1.82, 2.24) is 14.8 Å². The van der Waals surface area contributed by atoms with Crippen LogP contribution >= 0.6 is 0 Å². The highest BCUT2D eigenvalue weighted by molar-refractivity contribution is 5.95. The summed E-state index contributed by atoms with van der Waals surface area (Å²) in [5.74, 6) is 0.669. The van der Waals surface area contributed by atoms with Crippen molar-refractivity contribution in [3.63, 3.8) is 0 Å². The molecule has 1 fully saturated rings. The van der Waals surface area contributed by atoms with Crippen molar-refractivity contribution in [3.05, 3.63) is 53.7 Å². The summed E-state index contributed by atoms with van der Waals surface area (Å²) in [7, 11) is 0. The van der Waals surface area contributed by atoms with Gasteiger partial charge in [-0.1, -0.05) is 39.0 Å². The van der Waals surface area contributed by atoms with Crippen molar-refractivity contribution in [2.24, 2.45) is 0 Å². The molecule has 1 aliphatic rings. The molecular weight excluding hydrogens is 352 g/mol. The van der Waals surface area contributed by atoms with Crippen LogP contribution in [-0.2, 0) is 10.2 Å². The highest BCUT2D eigenvalue weighted by Gasteiger charge is 2.24. The zero-order valence-corrected chi connectivity index (χ0v) is 17.0. The maximum atomic E-state index is 12.9. The highest BCUT2D eigenvalue weighted by atomic mass is 16.2. The average Bonchev–Trinajstić information content (AvgIpc) is 2.67. The van der Waals surface area contributed by atoms with Gasteiger partial charge in [-0.15, -0.1) is 0 Å². The number of nitrogens with zero attached hydrogens (tertiary/aromatic N) is 3. The zero-order valence-electron chi connectivity index (χ0n) is 17.0.